The summed E-state index contributed by atoms with van der Waals surface area (Å²) in [6, 6.07) is 0. The van der Waals surface area contributed by atoms with Crippen LogP contribution in [0, 0.1) is 0 Å². The van der Waals surface area contributed by atoms with Crippen LogP contribution in [0.4, 0.5) is 0 Å². The number of unbranched alkanes of at least 4 members (excludes halogenated alkanes) is 34. The first-order valence-electron chi connectivity index (χ1n) is 22.1. The average Bonchev–Trinajstić information content (AvgIpc) is 3.09. The van der Waals surface area contributed by atoms with Gasteiger partial charge in [-0.2, -0.15) is 0 Å². The number of esters is 1. The Bertz CT molecular complexity index is 594. The van der Waals surface area contributed by atoms with Gasteiger partial charge in [0.15, 0.2) is 0 Å². The number of hydrogen-bond donors (Lipinski definition) is 1. The van der Waals surface area contributed by atoms with Crippen molar-refractivity contribution in [2.24, 2.45) is 0 Å². The van der Waals surface area contributed by atoms with Gasteiger partial charge < -0.3 is 14.6 Å². The van der Waals surface area contributed by atoms with Crippen molar-refractivity contribution in [1.82, 2.24) is 0 Å². The predicted octanol–water partition coefficient (Wildman–Crippen LogP) is 14.4. The molecule has 48 heavy (non-hydrogen) atoms. The summed E-state index contributed by atoms with van der Waals surface area (Å²) in [4.78, 5) is 12.2. The molecule has 0 saturated carbocycles. The number of hydrogen-bond acceptors (Lipinski definition) is 4. The van der Waals surface area contributed by atoms with Crippen LogP contribution in [0.2, 0.25) is 0 Å². The molecule has 0 saturated heterocycles. The van der Waals surface area contributed by atoms with E-state index in [9.17, 15) is 9.90 Å². The van der Waals surface area contributed by atoms with Crippen molar-refractivity contribution in [3.63, 3.8) is 0 Å². The Morgan fingerprint density at radius 1 is 0.417 bits per heavy atom. The van der Waals surface area contributed by atoms with Gasteiger partial charge in [-0.25, -0.2) is 0 Å². The molecule has 0 spiro atoms. The predicted molar refractivity (Wildman–Crippen MR) is 210 cm³/mol. The summed E-state index contributed by atoms with van der Waals surface area (Å²) >= 11 is 0. The molecule has 0 heterocycles. The van der Waals surface area contributed by atoms with E-state index >= 15 is 0 Å². The van der Waals surface area contributed by atoms with Crippen LogP contribution in [0.5, 0.6) is 0 Å². The van der Waals surface area contributed by atoms with Crippen LogP contribution in [0.3, 0.4) is 0 Å². The smallest absolute Gasteiger partial charge is 0.306 e. The van der Waals surface area contributed by atoms with Crippen molar-refractivity contribution >= 4 is 5.97 Å². The van der Waals surface area contributed by atoms with Crippen molar-refractivity contribution in [2.75, 3.05) is 19.8 Å². The fraction of sp³-hybridized carbons (Fsp3) is 0.977. The van der Waals surface area contributed by atoms with Crippen molar-refractivity contribution in [1.29, 1.82) is 0 Å². The van der Waals surface area contributed by atoms with Gasteiger partial charge in [0.2, 0.25) is 0 Å². The normalized spacial score (nSPS) is 12.1. The second-order valence-corrected chi connectivity index (χ2v) is 15.1. The second kappa shape index (κ2) is 42.6. The lowest BCUT2D eigenvalue weighted by molar-refractivity contribution is -0.154. The van der Waals surface area contributed by atoms with Gasteiger partial charge in [-0.15, -0.1) is 0 Å². The second-order valence-electron chi connectivity index (χ2n) is 15.1. The molecule has 0 aliphatic heterocycles. The lowest BCUT2D eigenvalue weighted by atomic mass is 10.0. The van der Waals surface area contributed by atoms with E-state index in [0.29, 0.717) is 19.6 Å². The third-order valence-corrected chi connectivity index (χ3v) is 10.2. The molecule has 0 aromatic carbocycles. The minimum atomic E-state index is -0.524. The molecule has 0 bridgehead atoms. The minimum Gasteiger partial charge on any atom is -0.457 e. The van der Waals surface area contributed by atoms with Gasteiger partial charge in [0, 0.05) is 13.0 Å². The Morgan fingerprint density at radius 3 is 0.979 bits per heavy atom. The van der Waals surface area contributed by atoms with Gasteiger partial charge in [-0.1, -0.05) is 232 Å². The molecule has 1 N–H and O–H groups in total. The summed E-state index contributed by atoms with van der Waals surface area (Å²) in [6.07, 6.45) is 48.8. The van der Waals surface area contributed by atoms with E-state index in [1.165, 1.54) is 212 Å². The maximum Gasteiger partial charge on any atom is 0.306 e. The Kier molecular flexibility index (Phi) is 42.0. The molecular formula is C44H88O4. The molecule has 0 aromatic rings. The summed E-state index contributed by atoms with van der Waals surface area (Å²) in [5.74, 6) is -0.192. The van der Waals surface area contributed by atoms with E-state index < -0.39 is 6.10 Å². The summed E-state index contributed by atoms with van der Waals surface area (Å²) in [7, 11) is 0. The number of ether oxygens (including phenoxy) is 2. The summed E-state index contributed by atoms with van der Waals surface area (Å²) < 4.78 is 11.2. The first-order chi connectivity index (χ1) is 23.7. The van der Waals surface area contributed by atoms with Crippen LogP contribution in [0.25, 0.3) is 0 Å². The standard InChI is InChI=1S/C44H88O4/c1-3-5-7-9-11-13-15-17-19-21-22-24-26-28-30-32-34-36-38-40-47-42-43(41-45)48-44(46)39-37-35-33-31-29-27-25-23-20-18-16-14-12-10-8-6-4-2/h43,45H,3-42H2,1-2H3. The van der Waals surface area contributed by atoms with E-state index in [1.54, 1.807) is 0 Å². The molecule has 1 unspecified atom stereocenters. The minimum absolute atomic E-state index is 0.163. The van der Waals surface area contributed by atoms with Crippen LogP contribution in [-0.2, 0) is 14.3 Å². The zero-order valence-electron chi connectivity index (χ0n) is 33.0. The molecule has 1 atom stereocenters. The third kappa shape index (κ3) is 39.8. The van der Waals surface area contributed by atoms with Crippen molar-refractivity contribution in [3.8, 4) is 0 Å². The van der Waals surface area contributed by atoms with Crippen LogP contribution in [0.15, 0.2) is 0 Å². The van der Waals surface area contributed by atoms with Gasteiger partial charge in [0.05, 0.1) is 13.2 Å². The molecule has 4 nitrogen and oxygen atoms in total. The molecule has 0 aliphatic rings. The molecule has 0 radical (unpaired) electrons. The highest BCUT2D eigenvalue weighted by Gasteiger charge is 2.13. The SMILES string of the molecule is CCCCCCCCCCCCCCCCCCCCCOCC(CO)OC(=O)CCCCCCCCCCCCCCCCCCC. The monoisotopic (exact) mass is 681 g/mol. The topological polar surface area (TPSA) is 55.8 Å². The number of carbonyl (C=O) groups excluding carboxylic acids is 1. The van der Waals surface area contributed by atoms with E-state index in [0.717, 1.165) is 19.3 Å². The summed E-state index contributed by atoms with van der Waals surface area (Å²) in [6.45, 7) is 5.41. The van der Waals surface area contributed by atoms with Crippen molar-refractivity contribution < 1.29 is 19.4 Å². The van der Waals surface area contributed by atoms with Gasteiger partial charge >= 0.3 is 5.97 Å². The van der Waals surface area contributed by atoms with Gasteiger partial charge in [-0.3, -0.25) is 4.79 Å². The number of aliphatic hydroxyl groups is 1. The van der Waals surface area contributed by atoms with Crippen molar-refractivity contribution in [3.05, 3.63) is 0 Å². The summed E-state index contributed by atoms with van der Waals surface area (Å²) in [5, 5.41) is 9.60. The molecule has 0 fully saturated rings. The largest absolute Gasteiger partial charge is 0.457 e. The number of carbonyl (C=O) groups is 1. The van der Waals surface area contributed by atoms with Gasteiger partial charge in [0.1, 0.15) is 6.10 Å². The van der Waals surface area contributed by atoms with E-state index in [-0.39, 0.29) is 12.6 Å². The van der Waals surface area contributed by atoms with Gasteiger partial charge in [0.25, 0.3) is 0 Å². The Morgan fingerprint density at radius 2 is 0.688 bits per heavy atom. The molecular weight excluding hydrogens is 592 g/mol. The highest BCUT2D eigenvalue weighted by atomic mass is 16.6. The molecule has 0 aromatic heterocycles. The molecule has 0 aliphatic carbocycles. The fourth-order valence-electron chi connectivity index (χ4n) is 6.86. The molecule has 0 amide bonds. The lowest BCUT2D eigenvalue weighted by Gasteiger charge is -2.16. The first-order valence-corrected chi connectivity index (χ1v) is 22.1. The van der Waals surface area contributed by atoms with Gasteiger partial charge in [-0.05, 0) is 12.8 Å². The molecule has 288 valence electrons. The van der Waals surface area contributed by atoms with Crippen LogP contribution < -0.4 is 0 Å². The maximum absolute atomic E-state index is 12.2. The molecule has 0 rings (SSSR count). The fourth-order valence-corrected chi connectivity index (χ4v) is 6.86. The number of rotatable bonds is 42. The van der Waals surface area contributed by atoms with Crippen LogP contribution in [-0.4, -0.2) is 37.0 Å². The van der Waals surface area contributed by atoms with Crippen LogP contribution in [0.1, 0.15) is 251 Å². The Hall–Kier alpha value is -0.610. The number of aliphatic hydroxyl groups excluding tert-OH is 1. The highest BCUT2D eigenvalue weighted by Crippen LogP contribution is 2.16. The van der Waals surface area contributed by atoms with E-state index in [1.807, 2.05) is 0 Å². The first kappa shape index (κ1) is 47.4. The molecule has 4 heteroatoms. The quantitative estimate of drug-likeness (QED) is 0.0515. The Labute approximate surface area is 302 Å². The van der Waals surface area contributed by atoms with Crippen molar-refractivity contribution in [2.45, 2.75) is 258 Å². The highest BCUT2D eigenvalue weighted by molar-refractivity contribution is 5.69. The summed E-state index contributed by atoms with van der Waals surface area (Å²) in [5.41, 5.74) is 0. The van der Waals surface area contributed by atoms with E-state index in [4.69, 9.17) is 9.47 Å². The zero-order chi connectivity index (χ0) is 34.9. The third-order valence-electron chi connectivity index (χ3n) is 10.2. The van der Waals surface area contributed by atoms with E-state index in [2.05, 4.69) is 13.8 Å². The zero-order valence-corrected chi connectivity index (χ0v) is 33.0. The lowest BCUT2D eigenvalue weighted by Crippen LogP contribution is -2.27. The Balaban J connectivity index is 3.34. The average molecular weight is 681 g/mol. The maximum atomic E-state index is 12.2. The van der Waals surface area contributed by atoms with Crippen LogP contribution >= 0.6 is 0 Å².